The fourth-order valence-corrected chi connectivity index (χ4v) is 8.45. The number of thiophene rings is 1. The molecule has 5 aromatic rings. The number of likely N-dealkylation sites (N-methyl/N-ethyl adjacent to an activating group) is 1. The van der Waals surface area contributed by atoms with Crippen LogP contribution in [0.1, 0.15) is 21.7 Å². The topological polar surface area (TPSA) is 67.8 Å². The zero-order chi connectivity index (χ0) is 33.7. The summed E-state index contributed by atoms with van der Waals surface area (Å²) >= 11 is 2.69. The van der Waals surface area contributed by atoms with Gasteiger partial charge in [0.2, 0.25) is 5.91 Å². The molecule has 0 aliphatic carbocycles. The number of hydrogen-bond donors (Lipinski definition) is 0. The maximum Gasteiger partial charge on any atom is 0.285 e. The van der Waals surface area contributed by atoms with E-state index < -0.39 is 17.6 Å². The van der Waals surface area contributed by atoms with Crippen molar-refractivity contribution in [2.45, 2.75) is 25.4 Å². The third-order valence-electron chi connectivity index (χ3n) is 8.52. The first-order valence-corrected chi connectivity index (χ1v) is 16.9. The van der Waals surface area contributed by atoms with Crippen LogP contribution in [0.3, 0.4) is 0 Å². The van der Waals surface area contributed by atoms with E-state index in [9.17, 15) is 18.0 Å². The van der Waals surface area contributed by atoms with Crippen LogP contribution < -0.4 is 4.74 Å². The molecule has 0 spiro atoms. The van der Waals surface area contributed by atoms with Crippen molar-refractivity contribution in [2.24, 2.45) is 0 Å². The Morgan fingerprint density at radius 3 is 2.71 bits per heavy atom. The number of rotatable bonds is 8. The van der Waals surface area contributed by atoms with Gasteiger partial charge in [-0.05, 0) is 36.2 Å². The number of alkyl halides is 2. The van der Waals surface area contributed by atoms with E-state index in [0.717, 1.165) is 22.7 Å². The average molecular weight is 695 g/mol. The molecule has 248 valence electrons. The summed E-state index contributed by atoms with van der Waals surface area (Å²) < 4.78 is 72.2. The van der Waals surface area contributed by atoms with Crippen LogP contribution in [0.15, 0.2) is 54.4 Å². The Hall–Kier alpha value is -4.17. The molecule has 0 saturated heterocycles. The minimum atomic E-state index is -3.00. The van der Waals surface area contributed by atoms with Crippen molar-refractivity contribution in [3.8, 4) is 38.8 Å². The highest BCUT2D eigenvalue weighted by Gasteiger charge is 2.39. The molecule has 48 heavy (non-hydrogen) atoms. The first-order valence-electron chi connectivity index (χ1n) is 15.2. The Bertz CT molecular complexity index is 2080. The molecule has 2 aliphatic rings. The van der Waals surface area contributed by atoms with Crippen LogP contribution in [0.4, 0.5) is 17.6 Å². The van der Waals surface area contributed by atoms with Crippen molar-refractivity contribution < 1.29 is 31.8 Å². The van der Waals surface area contributed by atoms with E-state index in [1.807, 2.05) is 11.4 Å². The van der Waals surface area contributed by atoms with E-state index in [4.69, 9.17) is 19.4 Å². The van der Waals surface area contributed by atoms with Crippen LogP contribution in [0.5, 0.6) is 5.75 Å². The first kappa shape index (κ1) is 32.4. The molecule has 0 radical (unpaired) electrons. The number of pyridine rings is 1. The lowest BCUT2D eigenvalue weighted by Crippen LogP contribution is -2.38. The van der Waals surface area contributed by atoms with E-state index in [1.165, 1.54) is 41.9 Å². The molecule has 2 aromatic carbocycles. The molecule has 3 aromatic heterocycles. The van der Waals surface area contributed by atoms with Crippen molar-refractivity contribution in [1.82, 2.24) is 19.8 Å². The van der Waals surface area contributed by atoms with Crippen LogP contribution >= 0.6 is 22.7 Å². The number of amides is 1. The first-order chi connectivity index (χ1) is 23.1. The van der Waals surface area contributed by atoms with Crippen LogP contribution in [-0.2, 0) is 35.0 Å². The zero-order valence-electron chi connectivity index (χ0n) is 26.1. The van der Waals surface area contributed by atoms with Gasteiger partial charge < -0.3 is 14.4 Å². The quantitative estimate of drug-likeness (QED) is 0.0944. The highest BCUT2D eigenvalue weighted by Crippen LogP contribution is 2.49. The number of methoxy groups -OCH3 is 1. The minimum Gasteiger partial charge on any atom is -0.490 e. The number of benzene rings is 2. The third-order valence-corrected chi connectivity index (χ3v) is 10.5. The number of ether oxygens (including phenoxy) is 2. The Morgan fingerprint density at radius 2 is 1.92 bits per heavy atom. The third kappa shape index (κ3) is 5.78. The fraction of sp³-hybridized carbons (Fsp3) is 0.286. The van der Waals surface area contributed by atoms with E-state index in [0.29, 0.717) is 69.2 Å². The van der Waals surface area contributed by atoms with Crippen molar-refractivity contribution in [2.75, 3.05) is 40.5 Å². The number of carbonyl (C=O) groups is 1. The van der Waals surface area contributed by atoms with Crippen molar-refractivity contribution in [3.05, 3.63) is 87.8 Å². The van der Waals surface area contributed by atoms with Gasteiger partial charge in [0.05, 0.1) is 36.6 Å². The zero-order valence-corrected chi connectivity index (χ0v) is 27.8. The lowest BCUT2D eigenvalue weighted by Gasteiger charge is -2.32. The highest BCUT2D eigenvalue weighted by atomic mass is 32.1. The van der Waals surface area contributed by atoms with E-state index in [-0.39, 0.29) is 42.5 Å². The molecule has 0 N–H and O–H groups in total. The lowest BCUT2D eigenvalue weighted by molar-refractivity contribution is -0.126. The molecule has 0 fully saturated rings. The summed E-state index contributed by atoms with van der Waals surface area (Å²) in [4.78, 5) is 26.6. The molecule has 5 heterocycles. The second-order valence-electron chi connectivity index (χ2n) is 11.8. The van der Waals surface area contributed by atoms with Gasteiger partial charge in [-0.25, -0.2) is 18.7 Å². The van der Waals surface area contributed by atoms with Crippen LogP contribution in [-0.4, -0.2) is 66.1 Å². The van der Waals surface area contributed by atoms with Crippen molar-refractivity contribution in [1.29, 1.82) is 0 Å². The van der Waals surface area contributed by atoms with Crippen LogP contribution in [0, 0.1) is 11.6 Å². The Kier molecular flexibility index (Phi) is 8.56. The summed E-state index contributed by atoms with van der Waals surface area (Å²) in [6.07, 6.45) is 1.79. The van der Waals surface area contributed by atoms with E-state index >= 15 is 4.39 Å². The number of carbonyl (C=O) groups excluding carboxylic acids is 1. The molecule has 0 atom stereocenters. The smallest absolute Gasteiger partial charge is 0.285 e. The number of hydrogen-bond acceptors (Lipinski definition) is 8. The van der Waals surface area contributed by atoms with E-state index in [1.54, 1.807) is 29.0 Å². The molecule has 0 saturated carbocycles. The maximum absolute atomic E-state index is 16.0. The van der Waals surface area contributed by atoms with Crippen LogP contribution in [0.25, 0.3) is 43.2 Å². The molecule has 13 heteroatoms. The van der Waals surface area contributed by atoms with Gasteiger partial charge in [-0.2, -0.15) is 8.78 Å². The van der Waals surface area contributed by atoms with Gasteiger partial charge in [0.25, 0.3) is 5.92 Å². The van der Waals surface area contributed by atoms with Gasteiger partial charge in [-0.3, -0.25) is 9.69 Å². The molecular formula is C35H30F4N4O3S2. The van der Waals surface area contributed by atoms with Crippen molar-refractivity contribution in [3.63, 3.8) is 0 Å². The summed E-state index contributed by atoms with van der Waals surface area (Å²) in [5.74, 6) is -4.84. The Labute approximate surface area is 282 Å². The normalized spacial score (nSPS) is 15.8. The van der Waals surface area contributed by atoms with Crippen molar-refractivity contribution >= 4 is 38.7 Å². The molecule has 0 unspecified atom stereocenters. The minimum absolute atomic E-state index is 0.0137. The van der Waals surface area contributed by atoms with Gasteiger partial charge >= 0.3 is 0 Å². The number of fused-ring (bicyclic) bond motifs is 3. The lowest BCUT2D eigenvalue weighted by atomic mass is 9.92. The molecule has 2 aliphatic heterocycles. The fourth-order valence-electron chi connectivity index (χ4n) is 6.39. The standard InChI is InChI=1S/C35H30F4N4O3S2/c1-4-28(44)43-9-7-25-27(17-43)48-34(40-25)32-30(29-24(37)14-21(36)15-26(29)46-11-10-45-3)33-22(8-12-47-33)31(41-32)19-5-6-23-20(13-19)16-42(2)18-35(23,38)39/h4-6,8,12-15H,1,7,9-11,16-18H2,2-3H3. The molecule has 1 amide bonds. The maximum atomic E-state index is 16.0. The molecule has 7 rings (SSSR count). The predicted octanol–water partition coefficient (Wildman–Crippen LogP) is 7.67. The van der Waals surface area contributed by atoms with Gasteiger partial charge in [-0.15, -0.1) is 22.7 Å². The van der Waals surface area contributed by atoms with Gasteiger partial charge in [0.1, 0.15) is 34.7 Å². The van der Waals surface area contributed by atoms with Gasteiger partial charge in [-0.1, -0.05) is 18.7 Å². The summed E-state index contributed by atoms with van der Waals surface area (Å²) in [6.45, 7) is 4.63. The average Bonchev–Trinajstić information content (AvgIpc) is 3.71. The second kappa shape index (κ2) is 12.7. The van der Waals surface area contributed by atoms with Crippen LogP contribution in [0.2, 0.25) is 0 Å². The SMILES string of the molecule is C=CC(=O)N1CCc2nc(-c3nc(-c4ccc5c(c4)CN(C)CC5(F)F)c4ccsc4c3-c3c(F)cc(F)cc3OCCOC)sc2C1. The summed E-state index contributed by atoms with van der Waals surface area (Å²) in [7, 11) is 3.16. The summed E-state index contributed by atoms with van der Waals surface area (Å²) in [5.41, 5.74) is 3.17. The van der Waals surface area contributed by atoms with Gasteiger partial charge in [0.15, 0.2) is 0 Å². The molecule has 7 nitrogen and oxygen atoms in total. The number of thiazole rings is 1. The highest BCUT2D eigenvalue weighted by molar-refractivity contribution is 7.18. The number of nitrogens with zero attached hydrogens (tertiary/aromatic N) is 4. The number of halogens is 4. The van der Waals surface area contributed by atoms with E-state index in [2.05, 4.69) is 6.58 Å². The molecule has 0 bridgehead atoms. The second-order valence-corrected chi connectivity index (χ2v) is 13.8. The predicted molar refractivity (Wildman–Crippen MR) is 178 cm³/mol. The van der Waals surface area contributed by atoms with Gasteiger partial charge in [0, 0.05) is 70.4 Å². The monoisotopic (exact) mass is 694 g/mol. The number of aromatic nitrogens is 2. The Morgan fingerprint density at radius 1 is 1.08 bits per heavy atom. The molecular weight excluding hydrogens is 665 g/mol. The largest absolute Gasteiger partial charge is 0.490 e. The summed E-state index contributed by atoms with van der Waals surface area (Å²) in [6, 6.07) is 8.64. The summed E-state index contributed by atoms with van der Waals surface area (Å²) in [5, 5.41) is 3.00. The Balaban J connectivity index is 1.47.